The van der Waals surface area contributed by atoms with E-state index in [0.717, 1.165) is 5.56 Å². The number of nitrogens with one attached hydrogen (secondary N) is 1. The van der Waals surface area contributed by atoms with Gasteiger partial charge in [-0.05, 0) is 19.1 Å². The van der Waals surface area contributed by atoms with Gasteiger partial charge in [-0.2, -0.15) is 4.98 Å². The smallest absolute Gasteiger partial charge is 0.240 e. The Labute approximate surface area is 100 Å². The van der Waals surface area contributed by atoms with Crippen LogP contribution in [-0.4, -0.2) is 16.7 Å². The van der Waals surface area contributed by atoms with Gasteiger partial charge in [0.2, 0.25) is 5.89 Å². The highest BCUT2D eigenvalue weighted by Crippen LogP contribution is 1.95. The van der Waals surface area contributed by atoms with Crippen molar-refractivity contribution in [2.45, 2.75) is 13.5 Å². The molecule has 1 N–H and O–H groups in total. The lowest BCUT2D eigenvalue weighted by atomic mass is 10.2. The van der Waals surface area contributed by atoms with Crippen LogP contribution in [0.5, 0.6) is 0 Å². The summed E-state index contributed by atoms with van der Waals surface area (Å²) in [6, 6.07) is 9.88. The first-order valence-electron chi connectivity index (χ1n) is 5.38. The van der Waals surface area contributed by atoms with Gasteiger partial charge in [0.05, 0.1) is 13.1 Å². The van der Waals surface area contributed by atoms with Crippen LogP contribution in [0, 0.1) is 18.8 Å². The van der Waals surface area contributed by atoms with Crippen molar-refractivity contribution in [3.05, 3.63) is 47.6 Å². The Hall–Kier alpha value is -2.12. The number of nitrogens with zero attached hydrogens (tertiary/aromatic N) is 2. The Morgan fingerprint density at radius 3 is 2.82 bits per heavy atom. The topological polar surface area (TPSA) is 51.0 Å². The molecule has 1 aromatic carbocycles. The van der Waals surface area contributed by atoms with Crippen LogP contribution in [0.25, 0.3) is 0 Å². The van der Waals surface area contributed by atoms with Gasteiger partial charge in [0, 0.05) is 5.56 Å². The summed E-state index contributed by atoms with van der Waals surface area (Å²) in [5.41, 5.74) is 1.02. The molecule has 1 aromatic heterocycles. The number of aryl methyl sites for hydroxylation is 1. The predicted molar refractivity (Wildman–Crippen MR) is 64.1 cm³/mol. The molecule has 0 fully saturated rings. The molecule has 0 radical (unpaired) electrons. The highest BCUT2D eigenvalue weighted by Gasteiger charge is 1.99. The lowest BCUT2D eigenvalue weighted by Gasteiger charge is -1.93. The zero-order chi connectivity index (χ0) is 11.9. The molecule has 2 aromatic rings. The van der Waals surface area contributed by atoms with Crippen molar-refractivity contribution in [1.29, 1.82) is 0 Å². The molecule has 0 atom stereocenters. The zero-order valence-corrected chi connectivity index (χ0v) is 9.60. The lowest BCUT2D eigenvalue weighted by Crippen LogP contribution is -2.13. The Bertz CT molecular complexity index is 522. The van der Waals surface area contributed by atoms with Gasteiger partial charge in [-0.3, -0.25) is 5.32 Å². The van der Waals surface area contributed by atoms with E-state index in [4.69, 9.17) is 4.52 Å². The second-order valence-electron chi connectivity index (χ2n) is 3.51. The summed E-state index contributed by atoms with van der Waals surface area (Å²) in [6.45, 7) is 2.93. The summed E-state index contributed by atoms with van der Waals surface area (Å²) < 4.78 is 4.96. The van der Waals surface area contributed by atoms with Gasteiger partial charge in [-0.1, -0.05) is 35.2 Å². The van der Waals surface area contributed by atoms with E-state index in [1.807, 2.05) is 30.3 Å². The van der Waals surface area contributed by atoms with E-state index in [2.05, 4.69) is 27.3 Å². The van der Waals surface area contributed by atoms with Crippen molar-refractivity contribution in [3.63, 3.8) is 0 Å². The van der Waals surface area contributed by atoms with Crippen molar-refractivity contribution < 1.29 is 4.52 Å². The van der Waals surface area contributed by atoms with E-state index < -0.39 is 0 Å². The van der Waals surface area contributed by atoms with E-state index in [1.54, 1.807) is 6.92 Å². The zero-order valence-electron chi connectivity index (χ0n) is 9.60. The van der Waals surface area contributed by atoms with Gasteiger partial charge in [0.25, 0.3) is 0 Å². The third kappa shape index (κ3) is 3.74. The van der Waals surface area contributed by atoms with Crippen LogP contribution < -0.4 is 5.32 Å². The molecule has 4 nitrogen and oxygen atoms in total. The van der Waals surface area contributed by atoms with Crippen LogP contribution in [0.2, 0.25) is 0 Å². The van der Waals surface area contributed by atoms with E-state index in [0.29, 0.717) is 24.8 Å². The first-order valence-corrected chi connectivity index (χ1v) is 5.38. The van der Waals surface area contributed by atoms with Crippen molar-refractivity contribution in [3.8, 4) is 11.8 Å². The lowest BCUT2D eigenvalue weighted by molar-refractivity contribution is 0.367. The maximum absolute atomic E-state index is 4.96. The number of aromatic nitrogens is 2. The van der Waals surface area contributed by atoms with Gasteiger partial charge < -0.3 is 4.52 Å². The maximum atomic E-state index is 4.96. The van der Waals surface area contributed by atoms with Crippen LogP contribution in [0.1, 0.15) is 17.3 Å². The van der Waals surface area contributed by atoms with Crippen LogP contribution >= 0.6 is 0 Å². The molecule has 0 saturated carbocycles. The second-order valence-corrected chi connectivity index (χ2v) is 3.51. The fraction of sp³-hybridized carbons (Fsp3) is 0.231. The van der Waals surface area contributed by atoms with Crippen molar-refractivity contribution in [2.24, 2.45) is 0 Å². The fourth-order valence-corrected chi connectivity index (χ4v) is 1.31. The van der Waals surface area contributed by atoms with Crippen molar-refractivity contribution >= 4 is 0 Å². The quantitative estimate of drug-likeness (QED) is 0.638. The first-order chi connectivity index (χ1) is 8.34. The average Bonchev–Trinajstić information content (AvgIpc) is 2.76. The van der Waals surface area contributed by atoms with Gasteiger partial charge in [-0.15, -0.1) is 0 Å². The van der Waals surface area contributed by atoms with Crippen molar-refractivity contribution in [1.82, 2.24) is 15.5 Å². The molecule has 0 aliphatic heterocycles. The van der Waals surface area contributed by atoms with E-state index in [9.17, 15) is 0 Å². The second kappa shape index (κ2) is 5.83. The number of hydrogen-bond acceptors (Lipinski definition) is 4. The Balaban J connectivity index is 1.75. The first kappa shape index (κ1) is 11.4. The highest BCUT2D eigenvalue weighted by molar-refractivity contribution is 5.33. The molecule has 0 aliphatic carbocycles. The van der Waals surface area contributed by atoms with Gasteiger partial charge in [0.15, 0.2) is 5.82 Å². The fourth-order valence-electron chi connectivity index (χ4n) is 1.31. The molecule has 4 heteroatoms. The van der Waals surface area contributed by atoms with Crippen molar-refractivity contribution in [2.75, 3.05) is 6.54 Å². The summed E-state index contributed by atoms with van der Waals surface area (Å²) in [5.74, 6) is 7.32. The maximum Gasteiger partial charge on any atom is 0.240 e. The molecule has 17 heavy (non-hydrogen) atoms. The molecule has 86 valence electrons. The van der Waals surface area contributed by atoms with Crippen LogP contribution in [0.15, 0.2) is 34.9 Å². The van der Waals surface area contributed by atoms with Gasteiger partial charge in [-0.25, -0.2) is 0 Å². The summed E-state index contributed by atoms with van der Waals surface area (Å²) in [4.78, 5) is 4.08. The van der Waals surface area contributed by atoms with Gasteiger partial charge in [0.1, 0.15) is 0 Å². The Morgan fingerprint density at radius 1 is 1.29 bits per heavy atom. The molecule has 2 rings (SSSR count). The minimum absolute atomic E-state index is 0.546. The molecule has 1 heterocycles. The minimum Gasteiger partial charge on any atom is -0.338 e. The Morgan fingerprint density at radius 2 is 2.12 bits per heavy atom. The predicted octanol–water partition coefficient (Wildman–Crippen LogP) is 1.52. The average molecular weight is 227 g/mol. The van der Waals surface area contributed by atoms with E-state index >= 15 is 0 Å². The largest absolute Gasteiger partial charge is 0.338 e. The number of benzene rings is 1. The molecule has 0 amide bonds. The number of hydrogen-bond donors (Lipinski definition) is 1. The van der Waals surface area contributed by atoms with Gasteiger partial charge >= 0.3 is 0 Å². The molecule has 0 aliphatic rings. The van der Waals surface area contributed by atoms with E-state index in [-0.39, 0.29) is 0 Å². The summed E-state index contributed by atoms with van der Waals surface area (Å²) in [5, 5.41) is 6.82. The number of rotatable bonds is 3. The SMILES string of the molecule is Cc1noc(CNCC#Cc2ccccc2)n1. The third-order valence-electron chi connectivity index (χ3n) is 2.07. The summed E-state index contributed by atoms with van der Waals surface area (Å²) in [7, 11) is 0. The monoisotopic (exact) mass is 227 g/mol. The normalized spacial score (nSPS) is 9.71. The molecule has 0 saturated heterocycles. The molecular formula is C13H13N3O. The molecule has 0 unspecified atom stereocenters. The standard InChI is InChI=1S/C13H13N3O/c1-11-15-13(17-16-11)10-14-9-5-8-12-6-3-2-4-7-12/h2-4,6-7,14H,9-10H2,1H3. The minimum atomic E-state index is 0.546. The molecule has 0 bridgehead atoms. The van der Waals surface area contributed by atoms with E-state index in [1.165, 1.54) is 0 Å². The van der Waals surface area contributed by atoms with Crippen LogP contribution in [0.3, 0.4) is 0 Å². The molecular weight excluding hydrogens is 214 g/mol. The highest BCUT2D eigenvalue weighted by atomic mass is 16.5. The van der Waals surface area contributed by atoms with Crippen LogP contribution in [0.4, 0.5) is 0 Å². The third-order valence-corrected chi connectivity index (χ3v) is 2.07. The summed E-state index contributed by atoms with van der Waals surface area (Å²) in [6.07, 6.45) is 0. The molecule has 0 spiro atoms. The summed E-state index contributed by atoms with van der Waals surface area (Å²) >= 11 is 0. The van der Waals surface area contributed by atoms with Crippen LogP contribution in [-0.2, 0) is 6.54 Å². The Kier molecular flexibility index (Phi) is 3.90.